The number of rotatable bonds is 7. The van der Waals surface area contributed by atoms with Crippen LogP contribution in [0.1, 0.15) is 45.1 Å². The third-order valence-electron chi connectivity index (χ3n) is 3.66. The van der Waals surface area contributed by atoms with Gasteiger partial charge < -0.3 is 10.2 Å². The predicted octanol–water partition coefficient (Wildman–Crippen LogP) is 5.97. The highest BCUT2D eigenvalue weighted by Crippen LogP contribution is 2.30. The second-order valence-electron chi connectivity index (χ2n) is 6.98. The van der Waals surface area contributed by atoms with Gasteiger partial charge in [0.1, 0.15) is 0 Å². The van der Waals surface area contributed by atoms with Gasteiger partial charge >= 0.3 is 6.18 Å². The number of nitrogens with zero attached hydrogens (tertiary/aromatic N) is 1. The molecule has 0 bridgehead atoms. The zero-order valence-corrected chi connectivity index (χ0v) is 16.9. The van der Waals surface area contributed by atoms with E-state index in [1.54, 1.807) is 26.2 Å². The molecule has 0 spiro atoms. The van der Waals surface area contributed by atoms with Crippen LogP contribution in [0.4, 0.5) is 18.9 Å². The number of para-hydroxylation sites is 1. The highest BCUT2D eigenvalue weighted by Gasteiger charge is 2.32. The molecule has 1 atom stereocenters. The topological polar surface area (TPSA) is 32.3 Å². The fraction of sp³-hybridized carbons (Fsp3) is 0.476. The summed E-state index contributed by atoms with van der Waals surface area (Å²) in [5, 5.41) is 2.66. The predicted molar refractivity (Wildman–Crippen MR) is 107 cm³/mol. The summed E-state index contributed by atoms with van der Waals surface area (Å²) in [6.45, 7) is 12.3. The number of carbonyl (C=O) groups excluding carboxylic acids is 1. The van der Waals surface area contributed by atoms with Crippen LogP contribution in [0.15, 0.2) is 49.2 Å². The van der Waals surface area contributed by atoms with Crippen LogP contribution in [0.2, 0.25) is 0 Å². The highest BCUT2D eigenvalue weighted by atomic mass is 19.4. The van der Waals surface area contributed by atoms with Crippen molar-refractivity contribution in [3.05, 3.63) is 54.8 Å². The van der Waals surface area contributed by atoms with Crippen molar-refractivity contribution in [3.8, 4) is 0 Å². The van der Waals surface area contributed by atoms with E-state index in [4.69, 9.17) is 0 Å². The molecule has 0 aliphatic carbocycles. The van der Waals surface area contributed by atoms with Gasteiger partial charge in [0.25, 0.3) is 5.91 Å². The maximum absolute atomic E-state index is 12.8. The number of anilines is 1. The molecule has 0 radical (unpaired) electrons. The van der Waals surface area contributed by atoms with Crippen LogP contribution < -0.4 is 5.32 Å². The lowest BCUT2D eigenvalue weighted by Crippen LogP contribution is -2.22. The number of carbonyl (C=O) groups is 1. The lowest BCUT2D eigenvalue weighted by atomic mass is 9.91. The molecule has 0 unspecified atom stereocenters. The highest BCUT2D eigenvalue weighted by molar-refractivity contribution is 6.04. The van der Waals surface area contributed by atoms with E-state index in [-0.39, 0.29) is 11.5 Å². The average molecular weight is 384 g/mol. The van der Waals surface area contributed by atoms with E-state index in [0.29, 0.717) is 11.6 Å². The summed E-state index contributed by atoms with van der Waals surface area (Å²) >= 11 is 0. The smallest absolute Gasteiger partial charge is 0.383 e. The van der Waals surface area contributed by atoms with E-state index < -0.39 is 18.5 Å². The van der Waals surface area contributed by atoms with E-state index in [0.717, 1.165) is 12.0 Å². The molecule has 1 aromatic carbocycles. The Bertz CT molecular complexity index is 622. The molecular weight excluding hydrogens is 353 g/mol. The Labute approximate surface area is 160 Å². The molecule has 0 heterocycles. The summed E-state index contributed by atoms with van der Waals surface area (Å²) in [5.74, 6) is -0.0520. The molecule has 0 aliphatic rings. The number of benzene rings is 1. The molecule has 1 rings (SSSR count). The first kappa shape index (κ1) is 24.8. The van der Waals surface area contributed by atoms with Crippen molar-refractivity contribution in [2.24, 2.45) is 5.92 Å². The maximum atomic E-state index is 12.8. The molecular formula is C21H31F3N2O. The first-order valence-corrected chi connectivity index (χ1v) is 8.83. The summed E-state index contributed by atoms with van der Waals surface area (Å²) in [6.07, 6.45) is -3.57. The summed E-state index contributed by atoms with van der Waals surface area (Å²) in [5.41, 5.74) is 1.18. The van der Waals surface area contributed by atoms with Gasteiger partial charge in [-0.1, -0.05) is 39.0 Å². The van der Waals surface area contributed by atoms with Crippen molar-refractivity contribution in [3.63, 3.8) is 0 Å². The molecule has 152 valence electrons. The van der Waals surface area contributed by atoms with E-state index >= 15 is 0 Å². The molecule has 27 heavy (non-hydrogen) atoms. The van der Waals surface area contributed by atoms with Gasteiger partial charge in [-0.05, 0) is 29.9 Å². The minimum absolute atomic E-state index is 0.195. The summed E-state index contributed by atoms with van der Waals surface area (Å²) in [6, 6.07) is 7.26. The van der Waals surface area contributed by atoms with E-state index in [9.17, 15) is 18.0 Å². The second-order valence-corrected chi connectivity index (χ2v) is 6.98. The Hall–Kier alpha value is -2.24. The second kappa shape index (κ2) is 11.5. The Kier molecular flexibility index (Phi) is 10.5. The summed E-state index contributed by atoms with van der Waals surface area (Å²) < 4.78 is 38.3. The van der Waals surface area contributed by atoms with Crippen LogP contribution in [0.5, 0.6) is 0 Å². The summed E-state index contributed by atoms with van der Waals surface area (Å²) in [7, 11) is 3.17. The van der Waals surface area contributed by atoms with Crippen LogP contribution in [-0.2, 0) is 4.79 Å². The number of amides is 1. The molecule has 0 saturated carbocycles. The molecule has 1 amide bonds. The van der Waals surface area contributed by atoms with Crippen LogP contribution in [0, 0.1) is 5.92 Å². The lowest BCUT2D eigenvalue weighted by molar-refractivity contribution is -0.132. The van der Waals surface area contributed by atoms with Crippen molar-refractivity contribution in [2.45, 2.75) is 45.7 Å². The SMILES string of the molecule is C=C.CC(C)C[C@@H](C)c1ccccc1NC(=O)/C(=C/N(C)C)CC(F)(F)F. The molecule has 1 aromatic rings. The molecule has 1 N–H and O–H groups in total. The van der Waals surface area contributed by atoms with Gasteiger partial charge in [0, 0.05) is 31.6 Å². The van der Waals surface area contributed by atoms with Crippen LogP contribution in [0.3, 0.4) is 0 Å². The first-order valence-electron chi connectivity index (χ1n) is 8.83. The van der Waals surface area contributed by atoms with Crippen molar-refractivity contribution in [2.75, 3.05) is 19.4 Å². The number of nitrogens with one attached hydrogen (secondary N) is 1. The Morgan fingerprint density at radius 1 is 1.19 bits per heavy atom. The maximum Gasteiger partial charge on any atom is 0.393 e. The number of hydrogen-bond donors (Lipinski definition) is 1. The van der Waals surface area contributed by atoms with Gasteiger partial charge in [0.05, 0.1) is 6.42 Å². The standard InChI is InChI=1S/C19H27F3N2O.C2H4/c1-13(2)10-14(3)16-8-6-7-9-17(16)23-18(25)15(12-24(4)5)11-19(20,21)22;1-2/h6-9,12-14H,10-11H2,1-5H3,(H,23,25);1-2H2/b15-12+;/t14-;/m1./s1. The van der Waals surface area contributed by atoms with Gasteiger partial charge in [0.2, 0.25) is 0 Å². The molecule has 3 nitrogen and oxygen atoms in total. The van der Waals surface area contributed by atoms with Crippen molar-refractivity contribution in [1.82, 2.24) is 4.90 Å². The van der Waals surface area contributed by atoms with Gasteiger partial charge in [0.15, 0.2) is 0 Å². The monoisotopic (exact) mass is 384 g/mol. The number of halogens is 3. The quantitative estimate of drug-likeness (QED) is 0.464. The number of hydrogen-bond acceptors (Lipinski definition) is 2. The van der Waals surface area contributed by atoms with Crippen molar-refractivity contribution < 1.29 is 18.0 Å². The van der Waals surface area contributed by atoms with Gasteiger partial charge in [-0.2, -0.15) is 13.2 Å². The van der Waals surface area contributed by atoms with E-state index in [1.807, 2.05) is 12.1 Å². The molecule has 0 aromatic heterocycles. The number of alkyl halides is 3. The molecule has 6 heteroatoms. The van der Waals surface area contributed by atoms with E-state index in [1.165, 1.54) is 11.1 Å². The Morgan fingerprint density at radius 3 is 2.22 bits per heavy atom. The van der Waals surface area contributed by atoms with Gasteiger partial charge in [-0.25, -0.2) is 0 Å². The minimum atomic E-state index is -4.44. The van der Waals surface area contributed by atoms with E-state index in [2.05, 4.69) is 39.2 Å². The molecule has 0 saturated heterocycles. The van der Waals surface area contributed by atoms with Gasteiger partial charge in [-0.15, -0.1) is 13.2 Å². The van der Waals surface area contributed by atoms with Crippen molar-refractivity contribution >= 4 is 11.6 Å². The fourth-order valence-corrected chi connectivity index (χ4v) is 2.79. The third kappa shape index (κ3) is 9.87. The normalized spacial score (nSPS) is 12.9. The largest absolute Gasteiger partial charge is 0.393 e. The molecule has 0 fully saturated rings. The summed E-state index contributed by atoms with van der Waals surface area (Å²) in [4.78, 5) is 13.9. The van der Waals surface area contributed by atoms with Crippen LogP contribution in [0.25, 0.3) is 0 Å². The van der Waals surface area contributed by atoms with Gasteiger partial charge in [-0.3, -0.25) is 4.79 Å². The van der Waals surface area contributed by atoms with Crippen LogP contribution >= 0.6 is 0 Å². The Balaban J connectivity index is 0.00000326. The molecule has 0 aliphatic heterocycles. The Morgan fingerprint density at radius 2 is 1.74 bits per heavy atom. The fourth-order valence-electron chi connectivity index (χ4n) is 2.79. The lowest BCUT2D eigenvalue weighted by Gasteiger charge is -2.20. The zero-order valence-electron chi connectivity index (χ0n) is 16.9. The third-order valence-corrected chi connectivity index (χ3v) is 3.66. The zero-order chi connectivity index (χ0) is 21.2. The first-order chi connectivity index (χ1) is 12.5. The minimum Gasteiger partial charge on any atom is -0.383 e. The van der Waals surface area contributed by atoms with Crippen molar-refractivity contribution in [1.29, 1.82) is 0 Å². The van der Waals surface area contributed by atoms with Crippen LogP contribution in [-0.4, -0.2) is 31.1 Å². The average Bonchev–Trinajstić information content (AvgIpc) is 2.54.